The molecule has 5 rings (SSSR count). The summed E-state index contributed by atoms with van der Waals surface area (Å²) < 4.78 is 3.28. The Morgan fingerprint density at radius 2 is 1.80 bits per heavy atom. The molecule has 0 aliphatic carbocycles. The third-order valence-electron chi connectivity index (χ3n) is 6.35. The Morgan fingerprint density at radius 1 is 1.03 bits per heavy atom. The van der Waals surface area contributed by atoms with Crippen LogP contribution in [0.5, 0.6) is 0 Å². The molecule has 0 unspecified atom stereocenters. The maximum atomic E-state index is 12.8. The minimum atomic E-state index is -0.475. The van der Waals surface area contributed by atoms with E-state index < -0.39 is 11.2 Å². The minimum Gasteiger partial charge on any atom is -0.340 e. The van der Waals surface area contributed by atoms with Crippen LogP contribution in [0.2, 0.25) is 5.02 Å². The molecular formula is C26H27ClN6O2. The molecular weight excluding hydrogens is 464 g/mol. The van der Waals surface area contributed by atoms with Crippen LogP contribution in [0.3, 0.4) is 0 Å². The van der Waals surface area contributed by atoms with Gasteiger partial charge >= 0.3 is 5.69 Å². The number of piperazine rings is 1. The number of rotatable bonds is 6. The van der Waals surface area contributed by atoms with Gasteiger partial charge in [-0.1, -0.05) is 66.2 Å². The van der Waals surface area contributed by atoms with Gasteiger partial charge in [0.2, 0.25) is 5.95 Å². The number of hydrogen-bond donors (Lipinski definition) is 1. The van der Waals surface area contributed by atoms with Crippen molar-refractivity contribution in [3.63, 3.8) is 0 Å². The normalized spacial score (nSPS) is 14.9. The zero-order valence-corrected chi connectivity index (χ0v) is 20.3. The fourth-order valence-corrected chi connectivity index (χ4v) is 4.68. The largest absolute Gasteiger partial charge is 0.340 e. The van der Waals surface area contributed by atoms with Gasteiger partial charge in [-0.3, -0.25) is 23.8 Å². The van der Waals surface area contributed by atoms with Gasteiger partial charge in [0, 0.05) is 44.8 Å². The van der Waals surface area contributed by atoms with E-state index in [0.29, 0.717) is 28.7 Å². The molecule has 2 aromatic heterocycles. The van der Waals surface area contributed by atoms with Crippen LogP contribution >= 0.6 is 11.6 Å². The summed E-state index contributed by atoms with van der Waals surface area (Å²) >= 11 is 6.21. The quantitative estimate of drug-likeness (QED) is 0.449. The Balaban J connectivity index is 1.40. The third kappa shape index (κ3) is 4.94. The van der Waals surface area contributed by atoms with Crippen molar-refractivity contribution >= 4 is 34.8 Å². The van der Waals surface area contributed by atoms with Gasteiger partial charge in [-0.25, -0.2) is 4.79 Å². The number of benzene rings is 2. The number of halogens is 1. The van der Waals surface area contributed by atoms with Crippen LogP contribution in [0.4, 0.5) is 5.95 Å². The molecule has 0 spiro atoms. The summed E-state index contributed by atoms with van der Waals surface area (Å²) in [4.78, 5) is 36.8. The zero-order chi connectivity index (χ0) is 24.4. The number of H-pyrrole nitrogens is 1. The van der Waals surface area contributed by atoms with Crippen LogP contribution in [0.25, 0.3) is 17.2 Å². The van der Waals surface area contributed by atoms with Crippen molar-refractivity contribution in [1.82, 2.24) is 24.0 Å². The lowest BCUT2D eigenvalue weighted by Crippen LogP contribution is -2.47. The highest BCUT2D eigenvalue weighted by Crippen LogP contribution is 2.23. The van der Waals surface area contributed by atoms with Crippen LogP contribution in [0.1, 0.15) is 11.1 Å². The van der Waals surface area contributed by atoms with Gasteiger partial charge in [0.25, 0.3) is 5.56 Å². The minimum absolute atomic E-state index is 0.379. The number of nitrogens with zero attached hydrogens (tertiary/aromatic N) is 5. The van der Waals surface area contributed by atoms with Gasteiger partial charge < -0.3 is 4.90 Å². The fraction of sp³-hybridized carbons (Fsp3) is 0.269. The van der Waals surface area contributed by atoms with Crippen LogP contribution in [-0.2, 0) is 13.6 Å². The molecule has 2 aromatic carbocycles. The van der Waals surface area contributed by atoms with E-state index in [9.17, 15) is 9.59 Å². The molecule has 1 aliphatic heterocycles. The lowest BCUT2D eigenvalue weighted by Gasteiger charge is -2.35. The Kier molecular flexibility index (Phi) is 6.57. The van der Waals surface area contributed by atoms with Crippen molar-refractivity contribution < 1.29 is 0 Å². The predicted octanol–water partition coefficient (Wildman–Crippen LogP) is 2.96. The van der Waals surface area contributed by atoms with Crippen molar-refractivity contribution in [3.05, 3.63) is 97.7 Å². The van der Waals surface area contributed by atoms with E-state index in [1.54, 1.807) is 7.05 Å². The molecule has 1 N–H and O–H groups in total. The number of nitrogens with one attached hydrogen (secondary N) is 1. The maximum absolute atomic E-state index is 12.8. The summed E-state index contributed by atoms with van der Waals surface area (Å²) in [5, 5.41) is 0.631. The van der Waals surface area contributed by atoms with E-state index in [4.69, 9.17) is 16.6 Å². The van der Waals surface area contributed by atoms with Crippen molar-refractivity contribution in [2.24, 2.45) is 7.05 Å². The fourth-order valence-electron chi connectivity index (χ4n) is 4.46. The Hall–Kier alpha value is -3.62. The van der Waals surface area contributed by atoms with Gasteiger partial charge in [0.1, 0.15) is 0 Å². The lowest BCUT2D eigenvalue weighted by atomic mass is 10.2. The van der Waals surface area contributed by atoms with E-state index in [1.807, 2.05) is 47.0 Å². The number of imidazole rings is 1. The van der Waals surface area contributed by atoms with Gasteiger partial charge in [0.05, 0.1) is 6.54 Å². The third-order valence-corrected chi connectivity index (χ3v) is 6.58. The first-order chi connectivity index (χ1) is 17.0. The molecule has 0 saturated carbocycles. The van der Waals surface area contributed by atoms with Crippen molar-refractivity contribution in [2.45, 2.75) is 6.54 Å². The highest BCUT2D eigenvalue weighted by Gasteiger charge is 2.24. The molecule has 0 atom stereocenters. The monoisotopic (exact) mass is 490 g/mol. The Bertz CT molecular complexity index is 1480. The molecule has 3 heterocycles. The molecule has 0 amide bonds. The van der Waals surface area contributed by atoms with Crippen LogP contribution in [0.15, 0.2) is 70.3 Å². The molecule has 9 heteroatoms. The van der Waals surface area contributed by atoms with E-state index in [-0.39, 0.29) is 0 Å². The Morgan fingerprint density at radius 3 is 2.54 bits per heavy atom. The predicted molar refractivity (Wildman–Crippen MR) is 140 cm³/mol. The summed E-state index contributed by atoms with van der Waals surface area (Å²) in [6, 6.07) is 17.8. The maximum Gasteiger partial charge on any atom is 0.329 e. The SMILES string of the molecule is Cn1c(=O)[nH]c(=O)c2c1nc(N1CCN(CC=Cc3ccccc3)CC1)n2Cc1cccc(Cl)c1. The molecule has 0 radical (unpaired) electrons. The molecule has 4 aromatic rings. The summed E-state index contributed by atoms with van der Waals surface area (Å²) in [6.07, 6.45) is 4.33. The number of aromatic amines is 1. The van der Waals surface area contributed by atoms with Gasteiger partial charge in [-0.2, -0.15) is 4.98 Å². The second kappa shape index (κ2) is 9.93. The molecule has 0 bridgehead atoms. The zero-order valence-electron chi connectivity index (χ0n) is 19.5. The van der Waals surface area contributed by atoms with Crippen LogP contribution < -0.4 is 16.1 Å². The van der Waals surface area contributed by atoms with E-state index in [1.165, 1.54) is 10.1 Å². The summed E-state index contributed by atoms with van der Waals surface area (Å²) in [5.74, 6) is 0.686. The lowest BCUT2D eigenvalue weighted by molar-refractivity contribution is 0.282. The highest BCUT2D eigenvalue weighted by molar-refractivity contribution is 6.30. The van der Waals surface area contributed by atoms with E-state index in [2.05, 4.69) is 39.1 Å². The first-order valence-electron chi connectivity index (χ1n) is 11.6. The first kappa shape index (κ1) is 23.1. The van der Waals surface area contributed by atoms with Crippen molar-refractivity contribution in [3.8, 4) is 0 Å². The van der Waals surface area contributed by atoms with Gasteiger partial charge in [0.15, 0.2) is 11.2 Å². The molecule has 1 fully saturated rings. The molecule has 1 aliphatic rings. The number of hydrogen-bond acceptors (Lipinski definition) is 5. The van der Waals surface area contributed by atoms with Crippen LogP contribution in [-0.4, -0.2) is 56.7 Å². The van der Waals surface area contributed by atoms with E-state index in [0.717, 1.165) is 38.3 Å². The number of aromatic nitrogens is 4. The van der Waals surface area contributed by atoms with Gasteiger partial charge in [-0.15, -0.1) is 0 Å². The van der Waals surface area contributed by atoms with Crippen molar-refractivity contribution in [2.75, 3.05) is 37.6 Å². The number of aryl methyl sites for hydroxylation is 1. The molecule has 1 saturated heterocycles. The summed E-state index contributed by atoms with van der Waals surface area (Å²) in [6.45, 7) is 4.57. The topological polar surface area (TPSA) is 79.2 Å². The van der Waals surface area contributed by atoms with Crippen LogP contribution in [0, 0.1) is 0 Å². The number of anilines is 1. The van der Waals surface area contributed by atoms with Crippen molar-refractivity contribution in [1.29, 1.82) is 0 Å². The first-order valence-corrected chi connectivity index (χ1v) is 12.0. The van der Waals surface area contributed by atoms with Gasteiger partial charge in [-0.05, 0) is 23.3 Å². The smallest absolute Gasteiger partial charge is 0.329 e. The number of fused-ring (bicyclic) bond motifs is 1. The Labute approximate surface area is 207 Å². The molecule has 180 valence electrons. The van der Waals surface area contributed by atoms with E-state index >= 15 is 0 Å². The second-order valence-electron chi connectivity index (χ2n) is 8.72. The second-order valence-corrected chi connectivity index (χ2v) is 9.16. The molecule has 35 heavy (non-hydrogen) atoms. The summed E-state index contributed by atoms with van der Waals surface area (Å²) in [7, 11) is 1.62. The standard InChI is InChI=1S/C26H27ClN6O2/c1-30-23-22(24(34)29-26(30)35)33(18-20-9-5-11-21(27)17-20)25(28-23)32-15-13-31(14-16-32)12-6-10-19-7-3-2-4-8-19/h2-11,17H,12-16,18H2,1H3,(H,29,34,35). The molecule has 8 nitrogen and oxygen atoms in total. The highest BCUT2D eigenvalue weighted by atomic mass is 35.5. The average molecular weight is 491 g/mol. The average Bonchev–Trinajstić information content (AvgIpc) is 3.23. The summed E-state index contributed by atoms with van der Waals surface area (Å²) in [5.41, 5.74) is 2.00.